The number of carbonyl (C=O) groups excluding carboxylic acids is 1. The molecule has 2 N–H and O–H groups in total. The Balaban J connectivity index is 1.48. The van der Waals surface area contributed by atoms with Gasteiger partial charge in [0.1, 0.15) is 11.6 Å². The number of hydrogen-bond acceptors (Lipinski definition) is 3. The van der Waals surface area contributed by atoms with Gasteiger partial charge in [-0.2, -0.15) is 0 Å². The molecule has 4 nitrogen and oxygen atoms in total. The van der Waals surface area contributed by atoms with Crippen LogP contribution in [0.3, 0.4) is 0 Å². The number of nitrogens with one attached hydrogen (secondary N) is 1. The van der Waals surface area contributed by atoms with Gasteiger partial charge >= 0.3 is 0 Å². The van der Waals surface area contributed by atoms with Crippen molar-refractivity contribution in [3.05, 3.63) is 70.2 Å². The summed E-state index contributed by atoms with van der Waals surface area (Å²) in [6, 6.07) is 10.0. The van der Waals surface area contributed by atoms with Crippen molar-refractivity contribution in [1.29, 1.82) is 0 Å². The summed E-state index contributed by atoms with van der Waals surface area (Å²) >= 11 is 5.89. The van der Waals surface area contributed by atoms with Gasteiger partial charge in [0.2, 0.25) is 0 Å². The minimum Gasteiger partial charge on any atom is -0.385 e. The van der Waals surface area contributed by atoms with Crippen LogP contribution >= 0.6 is 11.6 Å². The first-order chi connectivity index (χ1) is 12.9. The van der Waals surface area contributed by atoms with Crippen LogP contribution in [0, 0.1) is 11.6 Å². The van der Waals surface area contributed by atoms with E-state index in [0.29, 0.717) is 44.6 Å². The van der Waals surface area contributed by atoms with E-state index in [-0.39, 0.29) is 16.4 Å². The molecule has 1 heterocycles. The molecular formula is C20H21ClF2N2O2. The molecule has 0 atom stereocenters. The largest absolute Gasteiger partial charge is 0.385 e. The first kappa shape index (κ1) is 19.7. The van der Waals surface area contributed by atoms with Crippen LogP contribution in [0.25, 0.3) is 0 Å². The number of halogens is 3. The van der Waals surface area contributed by atoms with Crippen LogP contribution in [0.4, 0.5) is 8.78 Å². The highest BCUT2D eigenvalue weighted by atomic mass is 35.5. The fourth-order valence-corrected chi connectivity index (χ4v) is 3.57. The summed E-state index contributed by atoms with van der Waals surface area (Å²) in [7, 11) is 0. The third-order valence-electron chi connectivity index (χ3n) is 4.97. The Bertz CT molecular complexity index is 786. The number of benzene rings is 2. The van der Waals surface area contributed by atoms with Gasteiger partial charge in [0.25, 0.3) is 5.91 Å². The Kier molecular flexibility index (Phi) is 6.09. The van der Waals surface area contributed by atoms with E-state index in [0.717, 1.165) is 0 Å². The molecule has 0 aromatic heterocycles. The van der Waals surface area contributed by atoms with E-state index < -0.39 is 17.3 Å². The maximum Gasteiger partial charge on any atom is 0.255 e. The van der Waals surface area contributed by atoms with Gasteiger partial charge in [-0.15, -0.1) is 0 Å². The van der Waals surface area contributed by atoms with E-state index in [1.807, 2.05) is 0 Å². The molecule has 3 rings (SSSR count). The van der Waals surface area contributed by atoms with Gasteiger partial charge in [0, 0.05) is 26.2 Å². The highest BCUT2D eigenvalue weighted by molar-refractivity contribution is 6.33. The molecule has 1 saturated heterocycles. The summed E-state index contributed by atoms with van der Waals surface area (Å²) in [5.41, 5.74) is -0.400. The summed E-state index contributed by atoms with van der Waals surface area (Å²) in [6.07, 6.45) is 1.04. The van der Waals surface area contributed by atoms with Gasteiger partial charge in [-0.05, 0) is 42.7 Å². The predicted molar refractivity (Wildman–Crippen MR) is 99.7 cm³/mol. The topological polar surface area (TPSA) is 52.6 Å². The molecule has 0 spiro atoms. The lowest BCUT2D eigenvalue weighted by Gasteiger charge is -2.38. The Morgan fingerprint density at radius 1 is 1.15 bits per heavy atom. The molecule has 1 amide bonds. The molecule has 1 aliphatic rings. The maximum atomic E-state index is 13.7. The van der Waals surface area contributed by atoms with Gasteiger partial charge in [-0.25, -0.2) is 8.78 Å². The van der Waals surface area contributed by atoms with E-state index in [1.54, 1.807) is 12.1 Å². The summed E-state index contributed by atoms with van der Waals surface area (Å²) in [6.45, 7) is 2.21. The average Bonchev–Trinajstić information content (AvgIpc) is 2.64. The van der Waals surface area contributed by atoms with Crippen LogP contribution in [0.5, 0.6) is 0 Å². The Labute approximate surface area is 161 Å². The Hall–Kier alpha value is -2.02. The number of nitrogens with zero attached hydrogens (tertiary/aromatic N) is 1. The zero-order chi connectivity index (χ0) is 19.4. The minimum absolute atomic E-state index is 0.0786. The molecule has 0 radical (unpaired) electrons. The number of aliphatic hydroxyl groups is 1. The van der Waals surface area contributed by atoms with Crippen molar-refractivity contribution >= 4 is 17.5 Å². The third kappa shape index (κ3) is 4.64. The lowest BCUT2D eigenvalue weighted by atomic mass is 9.84. The number of piperidine rings is 1. The second kappa shape index (κ2) is 8.33. The van der Waals surface area contributed by atoms with Gasteiger partial charge in [0.05, 0.1) is 16.2 Å². The number of amides is 1. The quantitative estimate of drug-likeness (QED) is 0.817. The second-order valence-electron chi connectivity index (χ2n) is 6.73. The fraction of sp³-hybridized carbons (Fsp3) is 0.350. The van der Waals surface area contributed by atoms with E-state index in [2.05, 4.69) is 10.2 Å². The van der Waals surface area contributed by atoms with Crippen LogP contribution in [-0.4, -0.2) is 42.1 Å². The molecule has 144 valence electrons. The second-order valence-corrected chi connectivity index (χ2v) is 7.14. The van der Waals surface area contributed by atoms with E-state index in [4.69, 9.17) is 11.6 Å². The first-order valence-corrected chi connectivity index (χ1v) is 9.20. The van der Waals surface area contributed by atoms with Crippen LogP contribution in [0.2, 0.25) is 5.02 Å². The maximum absolute atomic E-state index is 13.7. The highest BCUT2D eigenvalue weighted by Crippen LogP contribution is 2.32. The normalized spacial score (nSPS) is 16.9. The Morgan fingerprint density at radius 3 is 2.44 bits per heavy atom. The van der Waals surface area contributed by atoms with Crippen LogP contribution in [0.1, 0.15) is 28.8 Å². The van der Waals surface area contributed by atoms with Gasteiger partial charge in [-0.3, -0.25) is 4.79 Å². The lowest BCUT2D eigenvalue weighted by molar-refractivity contribution is -0.0255. The summed E-state index contributed by atoms with van der Waals surface area (Å²) in [4.78, 5) is 14.2. The van der Waals surface area contributed by atoms with Crippen molar-refractivity contribution in [2.75, 3.05) is 26.2 Å². The molecule has 7 heteroatoms. The van der Waals surface area contributed by atoms with Crippen molar-refractivity contribution < 1.29 is 18.7 Å². The van der Waals surface area contributed by atoms with E-state index in [9.17, 15) is 18.7 Å². The number of carbonyl (C=O) groups is 1. The van der Waals surface area contributed by atoms with Crippen molar-refractivity contribution in [2.45, 2.75) is 18.4 Å². The fourth-order valence-electron chi connectivity index (χ4n) is 3.33. The monoisotopic (exact) mass is 394 g/mol. The smallest absolute Gasteiger partial charge is 0.255 e. The first-order valence-electron chi connectivity index (χ1n) is 8.82. The van der Waals surface area contributed by atoms with E-state index >= 15 is 0 Å². The SMILES string of the molecule is O=C(NCCN1CCC(O)(c2ccc(F)cc2)CC1)c1c(F)cccc1Cl. The molecular weight excluding hydrogens is 374 g/mol. The van der Waals surface area contributed by atoms with Gasteiger partial charge in [-0.1, -0.05) is 29.8 Å². The molecule has 1 fully saturated rings. The molecule has 0 unspecified atom stereocenters. The predicted octanol–water partition coefficient (Wildman–Crippen LogP) is 3.33. The molecule has 0 bridgehead atoms. The number of hydrogen-bond donors (Lipinski definition) is 2. The molecule has 0 saturated carbocycles. The van der Waals surface area contributed by atoms with Crippen molar-refractivity contribution in [2.24, 2.45) is 0 Å². The molecule has 2 aromatic carbocycles. The molecule has 1 aliphatic heterocycles. The van der Waals surface area contributed by atoms with Crippen molar-refractivity contribution in [3.63, 3.8) is 0 Å². The summed E-state index contributed by atoms with van der Waals surface area (Å²) in [5, 5.41) is 13.6. The number of rotatable bonds is 5. The number of likely N-dealkylation sites (tertiary alicyclic amines) is 1. The highest BCUT2D eigenvalue weighted by Gasteiger charge is 2.33. The van der Waals surface area contributed by atoms with Crippen molar-refractivity contribution in [3.8, 4) is 0 Å². The average molecular weight is 395 g/mol. The summed E-state index contributed by atoms with van der Waals surface area (Å²) in [5.74, 6) is -1.52. The molecule has 27 heavy (non-hydrogen) atoms. The standard InChI is InChI=1S/C20H21ClF2N2O2/c21-16-2-1-3-17(23)18(16)19(26)24-10-13-25-11-8-20(27,9-12-25)14-4-6-15(22)7-5-14/h1-7,27H,8-13H2,(H,24,26). The molecule has 2 aromatic rings. The Morgan fingerprint density at radius 2 is 1.81 bits per heavy atom. The third-order valence-corrected chi connectivity index (χ3v) is 5.28. The van der Waals surface area contributed by atoms with Gasteiger partial charge < -0.3 is 15.3 Å². The minimum atomic E-state index is -0.964. The van der Waals surface area contributed by atoms with Crippen molar-refractivity contribution in [1.82, 2.24) is 10.2 Å². The van der Waals surface area contributed by atoms with Crippen LogP contribution in [0.15, 0.2) is 42.5 Å². The van der Waals surface area contributed by atoms with Crippen LogP contribution in [-0.2, 0) is 5.60 Å². The zero-order valence-electron chi connectivity index (χ0n) is 14.7. The molecule has 0 aliphatic carbocycles. The lowest BCUT2D eigenvalue weighted by Crippen LogP contribution is -2.45. The van der Waals surface area contributed by atoms with E-state index in [1.165, 1.54) is 30.3 Å². The summed E-state index contributed by atoms with van der Waals surface area (Å²) < 4.78 is 26.8. The zero-order valence-corrected chi connectivity index (χ0v) is 15.5. The van der Waals surface area contributed by atoms with Crippen LogP contribution < -0.4 is 5.32 Å². The van der Waals surface area contributed by atoms with Gasteiger partial charge in [0.15, 0.2) is 0 Å².